The molecule has 0 spiro atoms. The highest BCUT2D eigenvalue weighted by molar-refractivity contribution is 5.69. The van der Waals surface area contributed by atoms with Crippen LogP contribution >= 0.6 is 0 Å². The number of nitrogens with zero attached hydrogens (tertiary/aromatic N) is 1. The average molecular weight is 402 g/mol. The third-order valence-electron chi connectivity index (χ3n) is 6.02. The Labute approximate surface area is 178 Å². The number of carbonyl (C=O) groups is 1. The van der Waals surface area contributed by atoms with Crippen molar-refractivity contribution in [3.8, 4) is 5.75 Å². The average Bonchev–Trinajstić information content (AvgIpc) is 3.17. The summed E-state index contributed by atoms with van der Waals surface area (Å²) < 4.78 is 10.8. The summed E-state index contributed by atoms with van der Waals surface area (Å²) in [5.74, 6) is 0.786. The maximum atomic E-state index is 13.0. The van der Waals surface area contributed by atoms with Gasteiger partial charge in [-0.15, -0.1) is 0 Å². The molecule has 3 aromatic carbocycles. The summed E-state index contributed by atoms with van der Waals surface area (Å²) in [6.07, 6.45) is 0.589. The van der Waals surface area contributed by atoms with E-state index in [0.717, 1.165) is 17.7 Å². The molecule has 0 aromatic heterocycles. The number of benzene rings is 3. The molecule has 0 bridgehead atoms. The molecule has 1 unspecified atom stereocenters. The van der Waals surface area contributed by atoms with E-state index < -0.39 is 0 Å². The molecule has 0 radical (unpaired) electrons. The molecule has 1 heterocycles. The molecular weight excluding hydrogens is 374 g/mol. The molecule has 4 rings (SSSR count). The molecule has 1 atom stereocenters. The van der Waals surface area contributed by atoms with Crippen molar-refractivity contribution >= 4 is 6.09 Å². The number of likely N-dealkylation sites (tertiary alicyclic amines) is 1. The van der Waals surface area contributed by atoms with Gasteiger partial charge in [-0.3, -0.25) is 0 Å². The van der Waals surface area contributed by atoms with E-state index in [-0.39, 0.29) is 24.2 Å². The van der Waals surface area contributed by atoms with Gasteiger partial charge >= 0.3 is 6.09 Å². The summed E-state index contributed by atoms with van der Waals surface area (Å²) in [6, 6.07) is 28.6. The van der Waals surface area contributed by atoms with Gasteiger partial charge in [0.25, 0.3) is 0 Å². The summed E-state index contributed by atoms with van der Waals surface area (Å²) >= 11 is 0. The summed E-state index contributed by atoms with van der Waals surface area (Å²) in [4.78, 5) is 14.8. The summed E-state index contributed by atoms with van der Waals surface area (Å²) in [6.45, 7) is 2.95. The van der Waals surface area contributed by atoms with Crippen LogP contribution in [-0.2, 0) is 16.8 Å². The predicted molar refractivity (Wildman–Crippen MR) is 118 cm³/mol. The van der Waals surface area contributed by atoms with Crippen LogP contribution in [0.4, 0.5) is 4.79 Å². The normalized spacial score (nSPS) is 17.5. The van der Waals surface area contributed by atoms with E-state index in [9.17, 15) is 4.79 Å². The lowest BCUT2D eigenvalue weighted by atomic mass is 9.73. The van der Waals surface area contributed by atoms with E-state index in [1.807, 2.05) is 41.3 Å². The zero-order valence-electron chi connectivity index (χ0n) is 17.5. The minimum absolute atomic E-state index is 0.0776. The van der Waals surface area contributed by atoms with E-state index in [1.165, 1.54) is 11.1 Å². The van der Waals surface area contributed by atoms with E-state index in [1.54, 1.807) is 7.11 Å². The molecule has 1 aliphatic heterocycles. The zero-order chi connectivity index (χ0) is 21.0. The van der Waals surface area contributed by atoms with Crippen LogP contribution in [0.15, 0.2) is 84.9 Å². The van der Waals surface area contributed by atoms with Gasteiger partial charge in [-0.1, -0.05) is 72.8 Å². The second-order valence-corrected chi connectivity index (χ2v) is 7.90. The Morgan fingerprint density at radius 3 is 2.03 bits per heavy atom. The summed E-state index contributed by atoms with van der Waals surface area (Å²) in [5, 5.41) is 0. The van der Waals surface area contributed by atoms with Crippen molar-refractivity contribution in [1.29, 1.82) is 0 Å². The minimum Gasteiger partial charge on any atom is -0.497 e. The topological polar surface area (TPSA) is 38.8 Å². The molecule has 3 aromatic rings. The van der Waals surface area contributed by atoms with Crippen molar-refractivity contribution in [2.75, 3.05) is 13.7 Å². The van der Waals surface area contributed by atoms with Gasteiger partial charge in [0, 0.05) is 18.0 Å². The number of amides is 1. The lowest BCUT2D eigenvalue weighted by molar-refractivity contribution is 0.0934. The number of methoxy groups -OCH3 is 1. The molecule has 154 valence electrons. The van der Waals surface area contributed by atoms with Crippen molar-refractivity contribution in [1.82, 2.24) is 4.90 Å². The van der Waals surface area contributed by atoms with Crippen LogP contribution in [0.2, 0.25) is 0 Å². The fraction of sp³-hybridized carbons (Fsp3) is 0.269. The lowest BCUT2D eigenvalue weighted by Crippen LogP contribution is -2.37. The Kier molecular flexibility index (Phi) is 5.75. The predicted octanol–water partition coefficient (Wildman–Crippen LogP) is 5.41. The second kappa shape index (κ2) is 8.62. The van der Waals surface area contributed by atoms with E-state index in [4.69, 9.17) is 9.47 Å². The van der Waals surface area contributed by atoms with Gasteiger partial charge in [0.05, 0.1) is 7.11 Å². The Bertz CT molecular complexity index is 931. The van der Waals surface area contributed by atoms with E-state index in [0.29, 0.717) is 6.54 Å². The number of hydrogen-bond donors (Lipinski definition) is 0. The highest BCUT2D eigenvalue weighted by Crippen LogP contribution is 2.43. The monoisotopic (exact) mass is 401 g/mol. The summed E-state index contributed by atoms with van der Waals surface area (Å²) in [7, 11) is 1.63. The molecule has 1 aliphatic rings. The molecule has 0 N–H and O–H groups in total. The number of rotatable bonds is 5. The molecule has 1 amide bonds. The molecule has 4 heteroatoms. The standard InChI is InChI=1S/C26H27NO3/c1-20-17-26(22-9-5-3-6-10-22,23-11-7-4-8-12-23)19-27(20)25(28)30-18-21-13-15-24(29-2)16-14-21/h3-16,20H,17-19H2,1-2H3. The Balaban J connectivity index is 1.54. The number of hydrogen-bond acceptors (Lipinski definition) is 3. The van der Waals surface area contributed by atoms with Crippen LogP contribution in [0.1, 0.15) is 30.0 Å². The summed E-state index contributed by atoms with van der Waals surface area (Å²) in [5.41, 5.74) is 3.16. The van der Waals surface area contributed by atoms with Gasteiger partial charge in [-0.05, 0) is 42.2 Å². The third kappa shape index (κ3) is 3.90. The van der Waals surface area contributed by atoms with Gasteiger partial charge in [0.2, 0.25) is 0 Å². The highest BCUT2D eigenvalue weighted by atomic mass is 16.6. The molecule has 0 aliphatic carbocycles. The molecule has 1 fully saturated rings. The smallest absolute Gasteiger partial charge is 0.410 e. The van der Waals surface area contributed by atoms with Gasteiger partial charge in [0.15, 0.2) is 0 Å². The van der Waals surface area contributed by atoms with E-state index in [2.05, 4.69) is 55.5 Å². The first kappa shape index (κ1) is 20.0. The Hall–Kier alpha value is -3.27. The Morgan fingerprint density at radius 2 is 1.50 bits per heavy atom. The first-order valence-electron chi connectivity index (χ1n) is 10.3. The molecule has 0 saturated carbocycles. The van der Waals surface area contributed by atoms with Gasteiger partial charge in [-0.25, -0.2) is 4.79 Å². The van der Waals surface area contributed by atoms with Crippen LogP contribution in [0, 0.1) is 0 Å². The maximum Gasteiger partial charge on any atom is 0.410 e. The van der Waals surface area contributed by atoms with Crippen molar-refractivity contribution < 1.29 is 14.3 Å². The van der Waals surface area contributed by atoms with Crippen LogP contribution < -0.4 is 4.74 Å². The zero-order valence-corrected chi connectivity index (χ0v) is 17.5. The van der Waals surface area contributed by atoms with Crippen LogP contribution in [0.3, 0.4) is 0 Å². The minimum atomic E-state index is -0.271. The van der Waals surface area contributed by atoms with Crippen molar-refractivity contribution in [3.63, 3.8) is 0 Å². The van der Waals surface area contributed by atoms with Crippen LogP contribution in [0.25, 0.3) is 0 Å². The first-order valence-corrected chi connectivity index (χ1v) is 10.3. The molecule has 4 nitrogen and oxygen atoms in total. The fourth-order valence-electron chi connectivity index (χ4n) is 4.42. The Morgan fingerprint density at radius 1 is 0.933 bits per heavy atom. The van der Waals surface area contributed by atoms with Crippen molar-refractivity contribution in [2.45, 2.75) is 31.4 Å². The van der Waals surface area contributed by atoms with Crippen molar-refractivity contribution in [2.24, 2.45) is 0 Å². The first-order chi connectivity index (χ1) is 14.6. The lowest BCUT2D eigenvalue weighted by Gasteiger charge is -2.30. The molecule has 30 heavy (non-hydrogen) atoms. The fourth-order valence-corrected chi connectivity index (χ4v) is 4.42. The highest BCUT2D eigenvalue weighted by Gasteiger charge is 2.46. The van der Waals surface area contributed by atoms with Gasteiger partial charge < -0.3 is 14.4 Å². The number of carbonyl (C=O) groups excluding carboxylic acids is 1. The maximum absolute atomic E-state index is 13.0. The molecule has 1 saturated heterocycles. The van der Waals surface area contributed by atoms with Gasteiger partial charge in [-0.2, -0.15) is 0 Å². The van der Waals surface area contributed by atoms with Crippen molar-refractivity contribution in [3.05, 3.63) is 102 Å². The van der Waals surface area contributed by atoms with Crippen LogP contribution in [-0.4, -0.2) is 30.7 Å². The van der Waals surface area contributed by atoms with Crippen LogP contribution in [0.5, 0.6) is 5.75 Å². The SMILES string of the molecule is COc1ccc(COC(=O)N2CC(c3ccccc3)(c3ccccc3)CC2C)cc1. The second-order valence-electron chi connectivity index (χ2n) is 7.90. The third-order valence-corrected chi connectivity index (χ3v) is 6.02. The molecular formula is C26H27NO3. The number of ether oxygens (including phenoxy) is 2. The van der Waals surface area contributed by atoms with E-state index >= 15 is 0 Å². The quantitative estimate of drug-likeness (QED) is 0.574. The van der Waals surface area contributed by atoms with Gasteiger partial charge in [0.1, 0.15) is 12.4 Å². The largest absolute Gasteiger partial charge is 0.497 e.